The van der Waals surface area contributed by atoms with Gasteiger partial charge < -0.3 is 15.5 Å². The molecule has 0 saturated carbocycles. The van der Waals surface area contributed by atoms with Gasteiger partial charge in [-0.15, -0.1) is 0 Å². The van der Waals surface area contributed by atoms with Crippen LogP contribution in [0.5, 0.6) is 0 Å². The number of hydrogen-bond acceptors (Lipinski definition) is 3. The van der Waals surface area contributed by atoms with Crippen LogP contribution in [0.4, 0.5) is 16.2 Å². The van der Waals surface area contributed by atoms with Gasteiger partial charge in [-0.1, -0.05) is 6.07 Å². The predicted octanol–water partition coefficient (Wildman–Crippen LogP) is 3.74. The first-order valence-corrected chi connectivity index (χ1v) is 8.88. The molecule has 0 aliphatic carbocycles. The van der Waals surface area contributed by atoms with Crippen LogP contribution in [0, 0.1) is 19.8 Å². The second kappa shape index (κ2) is 8.01. The Bertz CT molecular complexity index is 689. The van der Waals surface area contributed by atoms with E-state index in [0.717, 1.165) is 49.3 Å². The van der Waals surface area contributed by atoms with Crippen molar-refractivity contribution in [3.63, 3.8) is 0 Å². The molecule has 0 bridgehead atoms. The Morgan fingerprint density at radius 3 is 2.56 bits per heavy atom. The number of rotatable bonds is 4. The van der Waals surface area contributed by atoms with Crippen molar-refractivity contribution in [2.24, 2.45) is 5.92 Å². The lowest BCUT2D eigenvalue weighted by molar-refractivity contribution is 0.248. The highest BCUT2D eigenvalue weighted by Crippen LogP contribution is 2.22. The van der Waals surface area contributed by atoms with Crippen LogP contribution in [0.25, 0.3) is 0 Å². The second-order valence-corrected chi connectivity index (χ2v) is 6.85. The Morgan fingerprint density at radius 1 is 1.20 bits per heavy atom. The van der Waals surface area contributed by atoms with Gasteiger partial charge in [0.05, 0.1) is 11.9 Å². The van der Waals surface area contributed by atoms with Crippen molar-refractivity contribution in [1.82, 2.24) is 10.3 Å². The van der Waals surface area contributed by atoms with Crippen molar-refractivity contribution in [3.8, 4) is 0 Å². The molecule has 1 aromatic carbocycles. The number of nitrogens with zero attached hydrogens (tertiary/aromatic N) is 2. The van der Waals surface area contributed by atoms with Crippen molar-refractivity contribution in [1.29, 1.82) is 0 Å². The normalized spacial score (nSPS) is 15.0. The lowest BCUT2D eigenvalue weighted by atomic mass is 9.96. The number of piperidine rings is 1. The highest BCUT2D eigenvalue weighted by Gasteiger charge is 2.20. The number of pyridine rings is 1. The van der Waals surface area contributed by atoms with Crippen molar-refractivity contribution in [3.05, 3.63) is 53.9 Å². The van der Waals surface area contributed by atoms with E-state index >= 15 is 0 Å². The summed E-state index contributed by atoms with van der Waals surface area (Å²) in [5.74, 6) is 0.526. The average Bonchev–Trinajstić information content (AvgIpc) is 2.60. The maximum atomic E-state index is 12.1. The molecule has 2 N–H and O–H groups in total. The Balaban J connectivity index is 1.43. The van der Waals surface area contributed by atoms with E-state index in [9.17, 15) is 4.79 Å². The first kappa shape index (κ1) is 17.3. The van der Waals surface area contributed by atoms with Crippen LogP contribution >= 0.6 is 0 Å². The highest BCUT2D eigenvalue weighted by molar-refractivity contribution is 5.89. The first-order chi connectivity index (χ1) is 12.1. The van der Waals surface area contributed by atoms with Gasteiger partial charge in [-0.2, -0.15) is 0 Å². The minimum atomic E-state index is -0.125. The maximum Gasteiger partial charge on any atom is 0.319 e. The van der Waals surface area contributed by atoms with E-state index in [2.05, 4.69) is 32.7 Å². The van der Waals surface area contributed by atoms with Gasteiger partial charge in [0.2, 0.25) is 0 Å². The molecule has 1 aliphatic rings. The lowest BCUT2D eigenvalue weighted by Gasteiger charge is -2.33. The molecule has 0 unspecified atom stereocenters. The van der Waals surface area contributed by atoms with Crippen molar-refractivity contribution < 1.29 is 4.79 Å². The van der Waals surface area contributed by atoms with Gasteiger partial charge in [0.1, 0.15) is 0 Å². The fourth-order valence-electron chi connectivity index (χ4n) is 3.40. The molecular weight excluding hydrogens is 312 g/mol. The Hall–Kier alpha value is -2.56. The summed E-state index contributed by atoms with van der Waals surface area (Å²) >= 11 is 0. The van der Waals surface area contributed by atoms with E-state index in [4.69, 9.17) is 0 Å². The number of nitrogens with one attached hydrogen (secondary N) is 2. The molecule has 25 heavy (non-hydrogen) atoms. The minimum Gasteiger partial charge on any atom is -0.370 e. The molecule has 0 atom stereocenters. The Kier molecular flexibility index (Phi) is 5.53. The molecule has 1 saturated heterocycles. The quantitative estimate of drug-likeness (QED) is 0.893. The maximum absolute atomic E-state index is 12.1. The predicted molar refractivity (Wildman–Crippen MR) is 102 cm³/mol. The van der Waals surface area contributed by atoms with Crippen LogP contribution in [0.1, 0.15) is 24.0 Å². The summed E-state index contributed by atoms with van der Waals surface area (Å²) in [4.78, 5) is 18.7. The van der Waals surface area contributed by atoms with Crippen molar-refractivity contribution >= 4 is 17.4 Å². The standard InChI is InChI=1S/C20H26N4O/c1-15-10-16(2)12-18(11-15)23-20(25)22-13-17-5-8-24(9-6-17)19-4-3-7-21-14-19/h3-4,7,10-12,14,17H,5-6,8-9,13H2,1-2H3,(H2,22,23,25). The molecule has 5 heteroatoms. The zero-order valence-electron chi connectivity index (χ0n) is 15.0. The third-order valence-electron chi connectivity index (χ3n) is 4.66. The summed E-state index contributed by atoms with van der Waals surface area (Å²) in [7, 11) is 0. The molecule has 5 nitrogen and oxygen atoms in total. The van der Waals surface area contributed by atoms with Crippen LogP contribution < -0.4 is 15.5 Å². The third-order valence-corrected chi connectivity index (χ3v) is 4.66. The van der Waals surface area contributed by atoms with Gasteiger partial charge >= 0.3 is 6.03 Å². The molecular formula is C20H26N4O. The molecule has 2 heterocycles. The molecule has 1 fully saturated rings. The van der Waals surface area contributed by atoms with E-state index in [1.807, 2.05) is 38.2 Å². The largest absolute Gasteiger partial charge is 0.370 e. The Labute approximate surface area is 149 Å². The van der Waals surface area contributed by atoms with Gasteiger partial charge in [-0.3, -0.25) is 4.98 Å². The van der Waals surface area contributed by atoms with Crippen molar-refractivity contribution in [2.45, 2.75) is 26.7 Å². The number of urea groups is 1. The van der Waals surface area contributed by atoms with Crippen LogP contribution in [0.3, 0.4) is 0 Å². The molecule has 0 radical (unpaired) electrons. The lowest BCUT2D eigenvalue weighted by Crippen LogP contribution is -2.39. The summed E-state index contributed by atoms with van der Waals surface area (Å²) in [6, 6.07) is 10.0. The smallest absolute Gasteiger partial charge is 0.319 e. The molecule has 1 aromatic heterocycles. The zero-order chi connectivity index (χ0) is 17.6. The van der Waals surface area contributed by atoms with Crippen LogP contribution in [-0.2, 0) is 0 Å². The van der Waals surface area contributed by atoms with Crippen molar-refractivity contribution in [2.75, 3.05) is 29.9 Å². The number of aryl methyl sites for hydroxylation is 2. The molecule has 0 spiro atoms. The number of aromatic nitrogens is 1. The van der Waals surface area contributed by atoms with Gasteiger partial charge in [-0.05, 0) is 68.0 Å². The minimum absolute atomic E-state index is 0.125. The number of carbonyl (C=O) groups excluding carboxylic acids is 1. The summed E-state index contributed by atoms with van der Waals surface area (Å²) in [5.41, 5.74) is 4.33. The van der Waals surface area contributed by atoms with E-state index in [0.29, 0.717) is 5.92 Å². The van der Waals surface area contributed by atoms with Crippen LogP contribution in [0.15, 0.2) is 42.7 Å². The summed E-state index contributed by atoms with van der Waals surface area (Å²) in [5, 5.41) is 5.94. The van der Waals surface area contributed by atoms with E-state index in [1.165, 1.54) is 5.69 Å². The number of hydrogen-bond donors (Lipinski definition) is 2. The van der Waals surface area contributed by atoms with Crippen LogP contribution in [0.2, 0.25) is 0 Å². The van der Waals surface area contributed by atoms with Gasteiger partial charge in [0.25, 0.3) is 0 Å². The molecule has 3 rings (SSSR count). The fourth-order valence-corrected chi connectivity index (χ4v) is 3.40. The first-order valence-electron chi connectivity index (χ1n) is 8.88. The molecule has 132 valence electrons. The average molecular weight is 338 g/mol. The van der Waals surface area contributed by atoms with Gasteiger partial charge in [0.15, 0.2) is 0 Å². The van der Waals surface area contributed by atoms with E-state index in [1.54, 1.807) is 6.20 Å². The SMILES string of the molecule is Cc1cc(C)cc(NC(=O)NCC2CCN(c3cccnc3)CC2)c1. The van der Waals surface area contributed by atoms with Gasteiger partial charge in [-0.25, -0.2) is 4.79 Å². The van der Waals surface area contributed by atoms with Crippen LogP contribution in [-0.4, -0.2) is 30.6 Å². The fraction of sp³-hybridized carbons (Fsp3) is 0.400. The number of benzene rings is 1. The Morgan fingerprint density at radius 2 is 1.92 bits per heavy atom. The highest BCUT2D eigenvalue weighted by atomic mass is 16.2. The zero-order valence-corrected chi connectivity index (χ0v) is 15.0. The molecule has 1 aliphatic heterocycles. The number of carbonyl (C=O) groups is 1. The number of amides is 2. The number of anilines is 2. The third kappa shape index (κ3) is 4.95. The molecule has 2 amide bonds. The second-order valence-electron chi connectivity index (χ2n) is 6.85. The summed E-state index contributed by atoms with van der Waals surface area (Å²) in [6.45, 7) is 6.81. The van der Waals surface area contributed by atoms with E-state index < -0.39 is 0 Å². The molecule has 2 aromatic rings. The summed E-state index contributed by atoms with van der Waals surface area (Å²) < 4.78 is 0. The summed E-state index contributed by atoms with van der Waals surface area (Å²) in [6.07, 6.45) is 5.88. The van der Waals surface area contributed by atoms with E-state index in [-0.39, 0.29) is 6.03 Å². The monoisotopic (exact) mass is 338 g/mol. The topological polar surface area (TPSA) is 57.3 Å². The van der Waals surface area contributed by atoms with Gasteiger partial charge in [0, 0.05) is 31.5 Å².